The van der Waals surface area contributed by atoms with Crippen molar-refractivity contribution in [1.29, 1.82) is 0 Å². The zero-order valence-electron chi connectivity index (χ0n) is 13.2. The van der Waals surface area contributed by atoms with E-state index in [0.29, 0.717) is 29.1 Å². The fourth-order valence-corrected chi connectivity index (χ4v) is 2.86. The molecule has 0 saturated heterocycles. The monoisotopic (exact) mass is 446 g/mol. The third kappa shape index (κ3) is 4.48. The van der Waals surface area contributed by atoms with Crippen molar-refractivity contribution in [2.24, 2.45) is 0 Å². The SMILES string of the molecule is O=C(NCc1ccco1)c1ccc(NC(=O)c2ccccc2I)cc1. The molecular formula is C19H15IN2O3. The number of rotatable bonds is 5. The van der Waals surface area contributed by atoms with Gasteiger partial charge in [0.15, 0.2) is 0 Å². The normalized spacial score (nSPS) is 10.3. The zero-order chi connectivity index (χ0) is 17.6. The van der Waals surface area contributed by atoms with Gasteiger partial charge in [-0.3, -0.25) is 9.59 Å². The largest absolute Gasteiger partial charge is 0.467 e. The van der Waals surface area contributed by atoms with Crippen LogP contribution in [0.4, 0.5) is 5.69 Å². The molecule has 0 aliphatic rings. The molecule has 0 aliphatic heterocycles. The van der Waals surface area contributed by atoms with Gasteiger partial charge >= 0.3 is 0 Å². The van der Waals surface area contributed by atoms with Gasteiger partial charge in [-0.2, -0.15) is 0 Å². The van der Waals surface area contributed by atoms with Gasteiger partial charge in [0.25, 0.3) is 11.8 Å². The third-order valence-corrected chi connectivity index (χ3v) is 4.47. The quantitative estimate of drug-likeness (QED) is 0.581. The number of furan rings is 1. The minimum atomic E-state index is -0.202. The van der Waals surface area contributed by atoms with E-state index in [0.717, 1.165) is 3.57 Å². The first-order chi connectivity index (χ1) is 12.1. The first-order valence-corrected chi connectivity index (χ1v) is 8.68. The van der Waals surface area contributed by atoms with Crippen LogP contribution in [0.15, 0.2) is 71.3 Å². The summed E-state index contributed by atoms with van der Waals surface area (Å²) in [5, 5.41) is 5.60. The predicted molar refractivity (Wildman–Crippen MR) is 103 cm³/mol. The molecule has 6 heteroatoms. The first-order valence-electron chi connectivity index (χ1n) is 7.60. The van der Waals surface area contributed by atoms with E-state index in [-0.39, 0.29) is 11.8 Å². The summed E-state index contributed by atoms with van der Waals surface area (Å²) in [6.07, 6.45) is 1.56. The second-order valence-corrected chi connectivity index (χ2v) is 6.44. The number of carbonyl (C=O) groups excluding carboxylic acids is 2. The molecule has 0 aliphatic carbocycles. The van der Waals surface area contributed by atoms with Crippen LogP contribution in [0.25, 0.3) is 0 Å². The maximum absolute atomic E-state index is 12.3. The molecular weight excluding hydrogens is 431 g/mol. The lowest BCUT2D eigenvalue weighted by Crippen LogP contribution is -2.22. The second kappa shape index (κ2) is 7.98. The Morgan fingerprint density at radius 3 is 2.36 bits per heavy atom. The minimum absolute atomic E-state index is 0.181. The van der Waals surface area contributed by atoms with Gasteiger partial charge in [0.05, 0.1) is 18.4 Å². The topological polar surface area (TPSA) is 71.3 Å². The summed E-state index contributed by atoms with van der Waals surface area (Å²) < 4.78 is 6.05. The van der Waals surface area contributed by atoms with E-state index in [4.69, 9.17) is 4.42 Å². The van der Waals surface area contributed by atoms with Gasteiger partial charge in [0, 0.05) is 14.8 Å². The van der Waals surface area contributed by atoms with Gasteiger partial charge in [-0.05, 0) is 71.1 Å². The van der Waals surface area contributed by atoms with Crippen molar-refractivity contribution < 1.29 is 14.0 Å². The summed E-state index contributed by atoms with van der Waals surface area (Å²) in [7, 11) is 0. The number of hydrogen-bond acceptors (Lipinski definition) is 3. The lowest BCUT2D eigenvalue weighted by atomic mass is 10.1. The number of hydrogen-bond donors (Lipinski definition) is 2. The number of anilines is 1. The molecule has 126 valence electrons. The van der Waals surface area contributed by atoms with Crippen molar-refractivity contribution in [3.05, 3.63) is 87.4 Å². The highest BCUT2D eigenvalue weighted by Crippen LogP contribution is 2.15. The number of amides is 2. The molecule has 1 aromatic heterocycles. The Kier molecular flexibility index (Phi) is 5.49. The van der Waals surface area contributed by atoms with Crippen LogP contribution >= 0.6 is 22.6 Å². The summed E-state index contributed by atoms with van der Waals surface area (Å²) >= 11 is 2.12. The van der Waals surface area contributed by atoms with Crippen LogP contribution in [0, 0.1) is 3.57 Å². The van der Waals surface area contributed by atoms with E-state index in [9.17, 15) is 9.59 Å². The predicted octanol–water partition coefficient (Wildman–Crippen LogP) is 4.07. The number of carbonyl (C=O) groups is 2. The molecule has 0 radical (unpaired) electrons. The fourth-order valence-electron chi connectivity index (χ4n) is 2.23. The number of benzene rings is 2. The molecule has 1 heterocycles. The fraction of sp³-hybridized carbons (Fsp3) is 0.0526. The molecule has 2 N–H and O–H groups in total. The standard InChI is InChI=1S/C19H15IN2O3/c20-17-6-2-1-5-16(17)19(24)22-14-9-7-13(8-10-14)18(23)21-12-15-4-3-11-25-15/h1-11H,12H2,(H,21,23)(H,22,24). The zero-order valence-corrected chi connectivity index (χ0v) is 15.3. The van der Waals surface area contributed by atoms with E-state index in [1.54, 1.807) is 48.7 Å². The molecule has 2 amide bonds. The second-order valence-electron chi connectivity index (χ2n) is 5.27. The van der Waals surface area contributed by atoms with Crippen LogP contribution in [-0.2, 0) is 6.54 Å². The van der Waals surface area contributed by atoms with E-state index in [2.05, 4.69) is 33.2 Å². The summed E-state index contributed by atoms with van der Waals surface area (Å²) in [6.45, 7) is 0.330. The highest BCUT2D eigenvalue weighted by atomic mass is 127. The average molecular weight is 446 g/mol. The van der Waals surface area contributed by atoms with Crippen molar-refractivity contribution in [1.82, 2.24) is 5.32 Å². The van der Waals surface area contributed by atoms with Crippen molar-refractivity contribution in [2.45, 2.75) is 6.54 Å². The average Bonchev–Trinajstić information content (AvgIpc) is 3.14. The van der Waals surface area contributed by atoms with Crippen molar-refractivity contribution in [2.75, 3.05) is 5.32 Å². The molecule has 0 bridgehead atoms. The number of halogens is 1. The molecule has 0 atom stereocenters. The number of nitrogens with one attached hydrogen (secondary N) is 2. The first kappa shape index (κ1) is 17.2. The molecule has 2 aromatic carbocycles. The summed E-state index contributed by atoms with van der Waals surface area (Å²) in [5.41, 5.74) is 1.76. The van der Waals surface area contributed by atoms with Crippen LogP contribution < -0.4 is 10.6 Å². The minimum Gasteiger partial charge on any atom is -0.467 e. The molecule has 0 unspecified atom stereocenters. The summed E-state index contributed by atoms with van der Waals surface area (Å²) in [5.74, 6) is 0.307. The maximum atomic E-state index is 12.3. The summed E-state index contributed by atoms with van der Waals surface area (Å²) in [6, 6.07) is 17.7. The van der Waals surface area contributed by atoms with Gasteiger partial charge in [-0.1, -0.05) is 12.1 Å². The van der Waals surface area contributed by atoms with Crippen LogP contribution in [0.5, 0.6) is 0 Å². The van der Waals surface area contributed by atoms with Gasteiger partial charge in [-0.25, -0.2) is 0 Å². The third-order valence-electron chi connectivity index (χ3n) is 3.53. The van der Waals surface area contributed by atoms with Crippen molar-refractivity contribution >= 4 is 40.1 Å². The van der Waals surface area contributed by atoms with E-state index in [1.165, 1.54) is 0 Å². The molecule has 3 rings (SSSR count). The Bertz CT molecular complexity index is 874. The van der Waals surface area contributed by atoms with E-state index < -0.39 is 0 Å². The van der Waals surface area contributed by atoms with Gasteiger partial charge in [-0.15, -0.1) is 0 Å². The molecule has 5 nitrogen and oxygen atoms in total. The molecule has 0 spiro atoms. The van der Waals surface area contributed by atoms with E-state index in [1.807, 2.05) is 18.2 Å². The highest BCUT2D eigenvalue weighted by Gasteiger charge is 2.10. The van der Waals surface area contributed by atoms with Crippen molar-refractivity contribution in [3.8, 4) is 0 Å². The molecule has 0 fully saturated rings. The Labute approximate surface area is 158 Å². The van der Waals surface area contributed by atoms with Crippen LogP contribution in [0.1, 0.15) is 26.5 Å². The van der Waals surface area contributed by atoms with Gasteiger partial charge in [0.1, 0.15) is 5.76 Å². The van der Waals surface area contributed by atoms with E-state index >= 15 is 0 Å². The Hall–Kier alpha value is -2.61. The Morgan fingerprint density at radius 1 is 0.920 bits per heavy atom. The van der Waals surface area contributed by atoms with Crippen LogP contribution in [0.2, 0.25) is 0 Å². The lowest BCUT2D eigenvalue weighted by Gasteiger charge is -2.08. The molecule has 3 aromatic rings. The highest BCUT2D eigenvalue weighted by molar-refractivity contribution is 14.1. The van der Waals surface area contributed by atoms with Gasteiger partial charge in [0.2, 0.25) is 0 Å². The Balaban J connectivity index is 1.61. The molecule has 0 saturated carbocycles. The lowest BCUT2D eigenvalue weighted by molar-refractivity contribution is 0.0947. The van der Waals surface area contributed by atoms with Crippen LogP contribution in [-0.4, -0.2) is 11.8 Å². The van der Waals surface area contributed by atoms with Gasteiger partial charge < -0.3 is 15.1 Å². The molecule has 25 heavy (non-hydrogen) atoms. The summed E-state index contributed by atoms with van der Waals surface area (Å²) in [4.78, 5) is 24.4. The maximum Gasteiger partial charge on any atom is 0.256 e. The Morgan fingerprint density at radius 2 is 1.68 bits per heavy atom. The van der Waals surface area contributed by atoms with Crippen LogP contribution in [0.3, 0.4) is 0 Å². The van der Waals surface area contributed by atoms with Crippen molar-refractivity contribution in [3.63, 3.8) is 0 Å². The smallest absolute Gasteiger partial charge is 0.256 e.